The summed E-state index contributed by atoms with van der Waals surface area (Å²) < 4.78 is 0. The van der Waals surface area contributed by atoms with Crippen LogP contribution >= 0.6 is 0 Å². The molecule has 0 saturated heterocycles. The Morgan fingerprint density at radius 2 is 1.71 bits per heavy atom. The number of nitrogen functional groups attached to an aromatic ring is 1. The van der Waals surface area contributed by atoms with Gasteiger partial charge in [0.05, 0.1) is 5.69 Å². The molecule has 2 aromatic rings. The van der Waals surface area contributed by atoms with E-state index in [4.69, 9.17) is 5.73 Å². The fourth-order valence-corrected chi connectivity index (χ4v) is 1.37. The Hall–Kier alpha value is -1.78. The number of nitrogens with zero attached hydrogens (tertiary/aromatic N) is 2. The van der Waals surface area contributed by atoms with Crippen LogP contribution < -0.4 is 5.73 Å². The van der Waals surface area contributed by atoms with Crippen molar-refractivity contribution in [2.24, 2.45) is 0 Å². The molecule has 0 bridgehead atoms. The van der Waals surface area contributed by atoms with Gasteiger partial charge in [0.25, 0.3) is 0 Å². The highest BCUT2D eigenvalue weighted by Crippen LogP contribution is 2.26. The molecule has 0 fully saturated rings. The highest BCUT2D eigenvalue weighted by atomic mass is 15.2. The lowest BCUT2D eigenvalue weighted by Gasteiger charge is -1.95. The molecule has 0 amide bonds. The standard InChI is InChI=1S/C9H13N5/c1-4-6(3)11-12-7(4)8-5(2)9(10)14-13-8/h1-3H3,(H,11,12)(H3,10,13,14). The molecule has 2 aromatic heterocycles. The van der Waals surface area contributed by atoms with Gasteiger partial charge in [-0.05, 0) is 26.3 Å². The number of aromatic nitrogens is 4. The first-order chi connectivity index (χ1) is 6.61. The molecule has 0 aliphatic carbocycles. The quantitative estimate of drug-likeness (QED) is 0.635. The van der Waals surface area contributed by atoms with Gasteiger partial charge in [-0.15, -0.1) is 0 Å². The van der Waals surface area contributed by atoms with Crippen LogP contribution in [0.5, 0.6) is 0 Å². The van der Waals surface area contributed by atoms with Gasteiger partial charge >= 0.3 is 0 Å². The molecule has 4 N–H and O–H groups in total. The molecule has 5 nitrogen and oxygen atoms in total. The zero-order chi connectivity index (χ0) is 10.3. The SMILES string of the molecule is Cc1[nH]nc(-c2[nH]nc(N)c2C)c1C. The molecule has 0 aromatic carbocycles. The lowest BCUT2D eigenvalue weighted by molar-refractivity contribution is 1.03. The summed E-state index contributed by atoms with van der Waals surface area (Å²) in [6.07, 6.45) is 0. The van der Waals surface area contributed by atoms with Crippen LogP contribution in [0, 0.1) is 20.8 Å². The van der Waals surface area contributed by atoms with Crippen molar-refractivity contribution in [2.75, 3.05) is 5.73 Å². The van der Waals surface area contributed by atoms with Crippen molar-refractivity contribution in [3.8, 4) is 11.4 Å². The van der Waals surface area contributed by atoms with Crippen molar-refractivity contribution in [3.63, 3.8) is 0 Å². The van der Waals surface area contributed by atoms with E-state index in [1.54, 1.807) is 0 Å². The summed E-state index contributed by atoms with van der Waals surface area (Å²) in [5.41, 5.74) is 10.6. The van der Waals surface area contributed by atoms with Crippen LogP contribution in [0.4, 0.5) is 5.82 Å². The third-order valence-electron chi connectivity index (χ3n) is 2.54. The number of nitrogens with two attached hydrogens (primary N) is 1. The molecule has 0 atom stereocenters. The van der Waals surface area contributed by atoms with E-state index in [0.29, 0.717) is 5.82 Å². The summed E-state index contributed by atoms with van der Waals surface area (Å²) in [6.45, 7) is 5.93. The first kappa shape index (κ1) is 8.80. The van der Waals surface area contributed by atoms with E-state index in [2.05, 4.69) is 20.4 Å². The van der Waals surface area contributed by atoms with E-state index >= 15 is 0 Å². The third-order valence-corrected chi connectivity index (χ3v) is 2.54. The number of aryl methyl sites for hydroxylation is 1. The fourth-order valence-electron chi connectivity index (χ4n) is 1.37. The average Bonchev–Trinajstić information content (AvgIpc) is 2.63. The largest absolute Gasteiger partial charge is 0.382 e. The van der Waals surface area contributed by atoms with E-state index in [1.165, 1.54) is 0 Å². The second-order valence-corrected chi connectivity index (χ2v) is 3.43. The molecule has 0 aliphatic rings. The molecule has 0 spiro atoms. The first-order valence-corrected chi connectivity index (χ1v) is 4.43. The molecule has 14 heavy (non-hydrogen) atoms. The molecule has 0 saturated carbocycles. The average molecular weight is 191 g/mol. The van der Waals surface area contributed by atoms with Gasteiger partial charge in [0, 0.05) is 11.3 Å². The third kappa shape index (κ3) is 1.09. The van der Waals surface area contributed by atoms with Gasteiger partial charge in [0.2, 0.25) is 0 Å². The normalized spacial score (nSPS) is 10.8. The van der Waals surface area contributed by atoms with Crippen LogP contribution in [0.25, 0.3) is 11.4 Å². The number of hydrogen-bond donors (Lipinski definition) is 3. The maximum Gasteiger partial charge on any atom is 0.148 e. The molecule has 5 heteroatoms. The zero-order valence-electron chi connectivity index (χ0n) is 8.47. The van der Waals surface area contributed by atoms with Crippen LogP contribution in [0.3, 0.4) is 0 Å². The Bertz CT molecular complexity index is 421. The minimum atomic E-state index is 0.528. The minimum absolute atomic E-state index is 0.528. The molecular formula is C9H13N5. The molecule has 0 radical (unpaired) electrons. The van der Waals surface area contributed by atoms with E-state index in [-0.39, 0.29) is 0 Å². The van der Waals surface area contributed by atoms with Crippen LogP contribution in [0.2, 0.25) is 0 Å². The van der Waals surface area contributed by atoms with Gasteiger partial charge in [0.1, 0.15) is 11.5 Å². The van der Waals surface area contributed by atoms with Gasteiger partial charge in [-0.2, -0.15) is 10.2 Å². The van der Waals surface area contributed by atoms with E-state index in [0.717, 1.165) is 28.2 Å². The van der Waals surface area contributed by atoms with Gasteiger partial charge < -0.3 is 5.73 Å². The monoisotopic (exact) mass is 191 g/mol. The number of hydrogen-bond acceptors (Lipinski definition) is 3. The highest BCUT2D eigenvalue weighted by molar-refractivity contribution is 5.67. The van der Waals surface area contributed by atoms with Gasteiger partial charge in [-0.25, -0.2) is 0 Å². The first-order valence-electron chi connectivity index (χ1n) is 4.43. The molecule has 2 heterocycles. The van der Waals surface area contributed by atoms with Crippen molar-refractivity contribution < 1.29 is 0 Å². The van der Waals surface area contributed by atoms with E-state index < -0.39 is 0 Å². The van der Waals surface area contributed by atoms with Gasteiger partial charge in [0.15, 0.2) is 0 Å². The molecule has 74 valence electrons. The van der Waals surface area contributed by atoms with E-state index in [9.17, 15) is 0 Å². The summed E-state index contributed by atoms with van der Waals surface area (Å²) in [5, 5.41) is 14.0. The lowest BCUT2D eigenvalue weighted by Crippen LogP contribution is -1.87. The van der Waals surface area contributed by atoms with Gasteiger partial charge in [-0.1, -0.05) is 0 Å². The number of H-pyrrole nitrogens is 2. The number of rotatable bonds is 1. The fraction of sp³-hybridized carbons (Fsp3) is 0.333. The number of aromatic amines is 2. The van der Waals surface area contributed by atoms with Crippen LogP contribution in [0.15, 0.2) is 0 Å². The van der Waals surface area contributed by atoms with Crippen LogP contribution in [-0.2, 0) is 0 Å². The van der Waals surface area contributed by atoms with Crippen molar-refractivity contribution in [1.29, 1.82) is 0 Å². The summed E-state index contributed by atoms with van der Waals surface area (Å²) in [7, 11) is 0. The zero-order valence-corrected chi connectivity index (χ0v) is 8.47. The predicted molar refractivity (Wildman–Crippen MR) is 54.8 cm³/mol. The summed E-state index contributed by atoms with van der Waals surface area (Å²) in [4.78, 5) is 0. The smallest absolute Gasteiger partial charge is 0.148 e. The summed E-state index contributed by atoms with van der Waals surface area (Å²) in [5.74, 6) is 0.528. The number of nitrogens with one attached hydrogen (secondary N) is 2. The molecule has 2 rings (SSSR count). The van der Waals surface area contributed by atoms with Crippen LogP contribution in [-0.4, -0.2) is 20.4 Å². The Labute approximate surface area is 81.7 Å². The Morgan fingerprint density at radius 1 is 1.00 bits per heavy atom. The van der Waals surface area contributed by atoms with E-state index in [1.807, 2.05) is 20.8 Å². The van der Waals surface area contributed by atoms with Crippen molar-refractivity contribution in [2.45, 2.75) is 20.8 Å². The predicted octanol–water partition coefficient (Wildman–Crippen LogP) is 1.31. The second-order valence-electron chi connectivity index (χ2n) is 3.43. The molecule has 0 unspecified atom stereocenters. The summed E-state index contributed by atoms with van der Waals surface area (Å²) >= 11 is 0. The Balaban J connectivity index is 2.60. The Kier molecular flexibility index (Phi) is 1.80. The highest BCUT2D eigenvalue weighted by Gasteiger charge is 2.14. The number of anilines is 1. The van der Waals surface area contributed by atoms with Crippen molar-refractivity contribution in [1.82, 2.24) is 20.4 Å². The van der Waals surface area contributed by atoms with Crippen molar-refractivity contribution in [3.05, 3.63) is 16.8 Å². The maximum absolute atomic E-state index is 5.65. The minimum Gasteiger partial charge on any atom is -0.382 e. The lowest BCUT2D eigenvalue weighted by atomic mass is 10.1. The van der Waals surface area contributed by atoms with Gasteiger partial charge in [-0.3, -0.25) is 10.2 Å². The molecule has 0 aliphatic heterocycles. The summed E-state index contributed by atoms with van der Waals surface area (Å²) in [6, 6.07) is 0. The van der Waals surface area contributed by atoms with Crippen LogP contribution in [0.1, 0.15) is 16.8 Å². The molecular weight excluding hydrogens is 178 g/mol. The van der Waals surface area contributed by atoms with Crippen molar-refractivity contribution >= 4 is 5.82 Å². The Morgan fingerprint density at radius 3 is 2.14 bits per heavy atom. The maximum atomic E-state index is 5.65. The topological polar surface area (TPSA) is 83.4 Å². The second kappa shape index (κ2) is 2.87.